The Bertz CT molecular complexity index is 1720. The molecule has 0 aliphatic heterocycles. The Hall–Kier alpha value is -4.79. The number of fused-ring (bicyclic) bond motifs is 2. The molecule has 0 spiro atoms. The second-order valence-corrected chi connectivity index (χ2v) is 8.74. The molecule has 0 saturated carbocycles. The van der Waals surface area contributed by atoms with Crippen LogP contribution in [0.1, 0.15) is 25.5 Å². The first-order valence-electron chi connectivity index (χ1n) is 11.8. The molecule has 9 nitrogen and oxygen atoms in total. The third-order valence-electron chi connectivity index (χ3n) is 6.07. The number of aryl methyl sites for hydroxylation is 1. The monoisotopic (exact) mass is 476 g/mol. The Morgan fingerprint density at radius 3 is 2.83 bits per heavy atom. The number of aromatic nitrogens is 7. The van der Waals surface area contributed by atoms with Crippen molar-refractivity contribution in [2.45, 2.75) is 26.7 Å². The predicted molar refractivity (Wildman–Crippen MR) is 140 cm³/mol. The molecular formula is C27H24N8O. The normalized spacial score (nSPS) is 11.4. The molecule has 0 radical (unpaired) electrons. The molecule has 0 saturated heterocycles. The molecular weight excluding hydrogens is 452 g/mol. The minimum absolute atomic E-state index is 0.00806. The van der Waals surface area contributed by atoms with E-state index in [2.05, 4.69) is 30.5 Å². The second kappa shape index (κ2) is 8.77. The molecule has 0 fully saturated rings. The number of carbonyl (C=O) groups is 1. The molecule has 0 atom stereocenters. The van der Waals surface area contributed by atoms with Crippen LogP contribution in [0.5, 0.6) is 0 Å². The summed E-state index contributed by atoms with van der Waals surface area (Å²) in [6.07, 6.45) is 6.79. The van der Waals surface area contributed by atoms with Gasteiger partial charge < -0.3 is 10.3 Å². The summed E-state index contributed by atoms with van der Waals surface area (Å²) in [4.78, 5) is 29.3. The van der Waals surface area contributed by atoms with Crippen molar-refractivity contribution < 1.29 is 4.79 Å². The fraction of sp³-hybridized carbons (Fsp3) is 0.148. The average Bonchev–Trinajstić information content (AvgIpc) is 3.61. The molecule has 36 heavy (non-hydrogen) atoms. The molecule has 0 aliphatic carbocycles. The predicted octanol–water partition coefficient (Wildman–Crippen LogP) is 5.40. The number of amides is 1. The van der Waals surface area contributed by atoms with Crippen molar-refractivity contribution in [2.24, 2.45) is 0 Å². The van der Waals surface area contributed by atoms with Crippen molar-refractivity contribution >= 4 is 33.5 Å². The minimum atomic E-state index is 0.00806. The van der Waals surface area contributed by atoms with E-state index < -0.39 is 0 Å². The highest BCUT2D eigenvalue weighted by Crippen LogP contribution is 2.31. The highest BCUT2D eigenvalue weighted by atomic mass is 16.1. The zero-order valence-corrected chi connectivity index (χ0v) is 19.9. The van der Waals surface area contributed by atoms with Crippen molar-refractivity contribution in [2.75, 3.05) is 5.32 Å². The number of pyridine rings is 2. The second-order valence-electron chi connectivity index (χ2n) is 8.74. The zero-order chi connectivity index (χ0) is 24.6. The SMILES string of the molecule is CCCC(=O)Nc1cccc(-c2ccc3[nH]nc(-c4cc5c(-n6cnc(C)c6)nccc5[nH]4)c3n2)c1. The van der Waals surface area contributed by atoms with E-state index in [9.17, 15) is 4.79 Å². The van der Waals surface area contributed by atoms with Gasteiger partial charge in [0.05, 0.1) is 28.1 Å². The van der Waals surface area contributed by atoms with Gasteiger partial charge >= 0.3 is 0 Å². The van der Waals surface area contributed by atoms with E-state index >= 15 is 0 Å². The molecule has 178 valence electrons. The van der Waals surface area contributed by atoms with Gasteiger partial charge in [0, 0.05) is 35.5 Å². The summed E-state index contributed by atoms with van der Waals surface area (Å²) in [5.74, 6) is 0.805. The summed E-state index contributed by atoms with van der Waals surface area (Å²) in [5, 5.41) is 11.6. The molecule has 0 aliphatic rings. The van der Waals surface area contributed by atoms with Crippen molar-refractivity contribution in [3.8, 4) is 28.5 Å². The number of imidazole rings is 1. The zero-order valence-electron chi connectivity index (χ0n) is 19.9. The van der Waals surface area contributed by atoms with Crippen LogP contribution in [0.25, 0.3) is 50.4 Å². The minimum Gasteiger partial charge on any atom is -0.353 e. The summed E-state index contributed by atoms with van der Waals surface area (Å²) >= 11 is 0. The quantitative estimate of drug-likeness (QED) is 0.297. The lowest BCUT2D eigenvalue weighted by Gasteiger charge is -2.07. The maximum Gasteiger partial charge on any atom is 0.224 e. The molecule has 1 aromatic carbocycles. The largest absolute Gasteiger partial charge is 0.353 e. The Morgan fingerprint density at radius 2 is 2.00 bits per heavy atom. The van der Waals surface area contributed by atoms with E-state index in [4.69, 9.17) is 4.98 Å². The van der Waals surface area contributed by atoms with Crippen LogP contribution >= 0.6 is 0 Å². The van der Waals surface area contributed by atoms with Crippen LogP contribution in [-0.4, -0.2) is 40.6 Å². The van der Waals surface area contributed by atoms with Gasteiger partial charge in [0.1, 0.15) is 23.4 Å². The highest BCUT2D eigenvalue weighted by molar-refractivity contribution is 5.96. The number of carbonyl (C=O) groups excluding carboxylic acids is 1. The number of benzene rings is 1. The van der Waals surface area contributed by atoms with Crippen LogP contribution in [0, 0.1) is 6.92 Å². The Morgan fingerprint density at radius 1 is 1.08 bits per heavy atom. The standard InChI is InChI=1S/C27H24N8O/c1-3-5-24(36)30-18-7-4-6-17(12-18)20-8-9-22-25(32-20)26(34-33-22)23-13-19-21(31-23)10-11-28-27(19)35-14-16(2)29-15-35/h4,6-15,31H,3,5H2,1-2H3,(H,30,36)(H,33,34). The first-order chi connectivity index (χ1) is 17.6. The lowest BCUT2D eigenvalue weighted by atomic mass is 10.1. The lowest BCUT2D eigenvalue weighted by Crippen LogP contribution is -2.10. The maximum absolute atomic E-state index is 12.0. The Balaban J connectivity index is 1.40. The topological polar surface area (TPSA) is 117 Å². The molecule has 3 N–H and O–H groups in total. The average molecular weight is 477 g/mol. The molecule has 1 amide bonds. The van der Waals surface area contributed by atoms with Crippen molar-refractivity contribution in [3.63, 3.8) is 0 Å². The number of hydrogen-bond donors (Lipinski definition) is 3. The van der Waals surface area contributed by atoms with E-state index in [0.29, 0.717) is 6.42 Å². The van der Waals surface area contributed by atoms with Gasteiger partial charge in [0.2, 0.25) is 5.91 Å². The smallest absolute Gasteiger partial charge is 0.224 e. The number of anilines is 1. The van der Waals surface area contributed by atoms with Gasteiger partial charge in [-0.1, -0.05) is 19.1 Å². The van der Waals surface area contributed by atoms with Crippen LogP contribution in [-0.2, 0) is 4.79 Å². The first-order valence-corrected chi connectivity index (χ1v) is 11.8. The van der Waals surface area contributed by atoms with Gasteiger partial charge in [-0.2, -0.15) is 5.10 Å². The molecule has 0 bridgehead atoms. The number of aromatic amines is 2. The molecule has 6 aromatic rings. The van der Waals surface area contributed by atoms with Crippen LogP contribution < -0.4 is 5.32 Å². The highest BCUT2D eigenvalue weighted by Gasteiger charge is 2.16. The van der Waals surface area contributed by atoms with E-state index in [1.165, 1.54) is 0 Å². The Labute approximate surface area is 206 Å². The van der Waals surface area contributed by atoms with E-state index in [-0.39, 0.29) is 5.91 Å². The van der Waals surface area contributed by atoms with E-state index in [0.717, 1.165) is 68.2 Å². The van der Waals surface area contributed by atoms with Gasteiger partial charge in [-0.15, -0.1) is 0 Å². The summed E-state index contributed by atoms with van der Waals surface area (Å²) in [5.41, 5.74) is 7.50. The summed E-state index contributed by atoms with van der Waals surface area (Å²) in [6.45, 7) is 3.94. The van der Waals surface area contributed by atoms with Crippen LogP contribution in [0.2, 0.25) is 0 Å². The number of rotatable bonds is 6. The fourth-order valence-electron chi connectivity index (χ4n) is 4.36. The van der Waals surface area contributed by atoms with Gasteiger partial charge in [-0.25, -0.2) is 15.0 Å². The molecule has 0 unspecified atom stereocenters. The van der Waals surface area contributed by atoms with Gasteiger partial charge in [-0.3, -0.25) is 14.5 Å². The Kier molecular flexibility index (Phi) is 5.29. The molecule has 9 heteroatoms. The number of H-pyrrole nitrogens is 2. The molecule has 5 aromatic heterocycles. The summed E-state index contributed by atoms with van der Waals surface area (Å²) in [7, 11) is 0. The number of nitrogens with one attached hydrogen (secondary N) is 3. The van der Waals surface area contributed by atoms with Gasteiger partial charge in [0.25, 0.3) is 0 Å². The fourth-order valence-corrected chi connectivity index (χ4v) is 4.36. The van der Waals surface area contributed by atoms with Crippen molar-refractivity contribution in [1.82, 2.24) is 34.7 Å². The number of nitrogens with zero attached hydrogens (tertiary/aromatic N) is 5. The number of hydrogen-bond acceptors (Lipinski definition) is 5. The van der Waals surface area contributed by atoms with Gasteiger partial charge in [0.15, 0.2) is 0 Å². The lowest BCUT2D eigenvalue weighted by molar-refractivity contribution is -0.116. The van der Waals surface area contributed by atoms with Gasteiger partial charge in [-0.05, 0) is 49.7 Å². The molecule has 6 rings (SSSR count). The maximum atomic E-state index is 12.0. The van der Waals surface area contributed by atoms with Crippen LogP contribution in [0.3, 0.4) is 0 Å². The first kappa shape index (κ1) is 21.7. The van der Waals surface area contributed by atoms with E-state index in [1.54, 1.807) is 12.5 Å². The van der Waals surface area contributed by atoms with E-state index in [1.807, 2.05) is 73.1 Å². The summed E-state index contributed by atoms with van der Waals surface area (Å²) in [6, 6.07) is 15.6. The third-order valence-corrected chi connectivity index (χ3v) is 6.07. The van der Waals surface area contributed by atoms with Crippen LogP contribution in [0.15, 0.2) is 67.3 Å². The third kappa shape index (κ3) is 3.90. The summed E-state index contributed by atoms with van der Waals surface area (Å²) < 4.78 is 1.92. The molecule has 5 heterocycles. The van der Waals surface area contributed by atoms with Crippen molar-refractivity contribution in [3.05, 3.63) is 72.9 Å². The van der Waals surface area contributed by atoms with Crippen LogP contribution in [0.4, 0.5) is 5.69 Å². The van der Waals surface area contributed by atoms with Crippen molar-refractivity contribution in [1.29, 1.82) is 0 Å².